The van der Waals surface area contributed by atoms with Crippen LogP contribution in [0, 0.1) is 0 Å². The minimum absolute atomic E-state index is 0.0175. The Morgan fingerprint density at radius 2 is 1.54 bits per heavy atom. The molecule has 4 heteroatoms. The van der Waals surface area contributed by atoms with E-state index in [2.05, 4.69) is 43.4 Å². The lowest BCUT2D eigenvalue weighted by Gasteiger charge is -2.21. The van der Waals surface area contributed by atoms with Crippen LogP contribution in [-0.4, -0.2) is 24.8 Å². The molecule has 0 aliphatic rings. The average molecular weight is 353 g/mol. The molecular weight excluding hydrogens is 324 g/mol. The number of ketones is 1. The molecule has 1 amide bonds. The minimum atomic E-state index is -0.188. The van der Waals surface area contributed by atoms with E-state index in [1.54, 1.807) is 24.3 Å². The second-order valence-electron chi connectivity index (χ2n) is 7.26. The third-order valence-corrected chi connectivity index (χ3v) is 4.82. The number of anilines is 1. The Kier molecular flexibility index (Phi) is 6.70. The molecule has 2 rings (SSSR count). The lowest BCUT2D eigenvalue weighted by Crippen LogP contribution is -3.12. The third-order valence-electron chi connectivity index (χ3n) is 4.82. The summed E-state index contributed by atoms with van der Waals surface area (Å²) in [5.41, 5.74) is 3.90. The van der Waals surface area contributed by atoms with Crippen LogP contribution < -0.4 is 10.2 Å². The first-order chi connectivity index (χ1) is 12.3. The van der Waals surface area contributed by atoms with Crippen molar-refractivity contribution in [2.45, 2.75) is 46.2 Å². The molecule has 0 aliphatic heterocycles. The summed E-state index contributed by atoms with van der Waals surface area (Å²) in [7, 11) is 2.03. The summed E-state index contributed by atoms with van der Waals surface area (Å²) in [5.74, 6) is 0.508. The van der Waals surface area contributed by atoms with E-state index in [-0.39, 0.29) is 17.7 Å². The van der Waals surface area contributed by atoms with Crippen LogP contribution in [0.15, 0.2) is 48.5 Å². The number of hydrogen-bond donors (Lipinski definition) is 2. The molecule has 0 saturated carbocycles. The summed E-state index contributed by atoms with van der Waals surface area (Å²) in [6.07, 6.45) is 0. The van der Waals surface area contributed by atoms with Gasteiger partial charge in [-0.2, -0.15) is 0 Å². The molecule has 0 bridgehead atoms. The van der Waals surface area contributed by atoms with E-state index in [0.29, 0.717) is 17.2 Å². The van der Waals surface area contributed by atoms with Gasteiger partial charge in [0.25, 0.3) is 5.91 Å². The number of Topliss-reactive ketones (excluding diaryl/α,β-unsaturated/α-hetero) is 1. The second kappa shape index (κ2) is 8.77. The molecule has 0 saturated heterocycles. The molecule has 26 heavy (non-hydrogen) atoms. The van der Waals surface area contributed by atoms with Gasteiger partial charge in [0.05, 0.1) is 7.05 Å². The molecule has 138 valence electrons. The Morgan fingerprint density at radius 1 is 0.962 bits per heavy atom. The second-order valence-corrected chi connectivity index (χ2v) is 7.26. The van der Waals surface area contributed by atoms with Gasteiger partial charge in [-0.15, -0.1) is 0 Å². The van der Waals surface area contributed by atoms with E-state index in [1.807, 2.05) is 14.0 Å². The Balaban J connectivity index is 1.94. The minimum Gasteiger partial charge on any atom is -0.324 e. The Hall–Kier alpha value is -2.46. The molecular formula is C22H29N2O2+. The maximum Gasteiger partial charge on any atom is 0.282 e. The van der Waals surface area contributed by atoms with Gasteiger partial charge in [-0.05, 0) is 49.6 Å². The summed E-state index contributed by atoms with van der Waals surface area (Å²) in [6.45, 7) is 8.61. The van der Waals surface area contributed by atoms with Crippen molar-refractivity contribution in [3.8, 4) is 0 Å². The molecule has 0 radical (unpaired) electrons. The highest BCUT2D eigenvalue weighted by Gasteiger charge is 2.22. The highest BCUT2D eigenvalue weighted by molar-refractivity contribution is 5.96. The van der Waals surface area contributed by atoms with E-state index in [9.17, 15) is 9.59 Å². The SMILES string of the molecule is CC(=O)c1ccc(NC(=O)[C@@H](C)[NH+](C)Cc2ccc(C(C)C)cc2)cc1. The molecule has 4 nitrogen and oxygen atoms in total. The maximum atomic E-state index is 12.5. The Morgan fingerprint density at radius 3 is 2.04 bits per heavy atom. The highest BCUT2D eigenvalue weighted by Crippen LogP contribution is 2.14. The van der Waals surface area contributed by atoms with E-state index < -0.39 is 0 Å². The molecule has 1 unspecified atom stereocenters. The normalized spacial score (nSPS) is 13.3. The van der Waals surface area contributed by atoms with Crippen molar-refractivity contribution in [2.75, 3.05) is 12.4 Å². The van der Waals surface area contributed by atoms with Crippen LogP contribution in [-0.2, 0) is 11.3 Å². The lowest BCUT2D eigenvalue weighted by molar-refractivity contribution is -0.907. The van der Waals surface area contributed by atoms with Crippen molar-refractivity contribution >= 4 is 17.4 Å². The fourth-order valence-electron chi connectivity index (χ4n) is 2.76. The van der Waals surface area contributed by atoms with Crippen molar-refractivity contribution in [3.63, 3.8) is 0 Å². The van der Waals surface area contributed by atoms with Crippen molar-refractivity contribution < 1.29 is 14.5 Å². The zero-order valence-corrected chi connectivity index (χ0v) is 16.3. The molecule has 0 aromatic heterocycles. The molecule has 0 fully saturated rings. The van der Waals surface area contributed by atoms with E-state index in [1.165, 1.54) is 18.1 Å². The zero-order chi connectivity index (χ0) is 19.3. The van der Waals surface area contributed by atoms with Crippen molar-refractivity contribution in [1.82, 2.24) is 0 Å². The van der Waals surface area contributed by atoms with Gasteiger partial charge in [0, 0.05) is 16.8 Å². The predicted octanol–water partition coefficient (Wildman–Crippen LogP) is 3.05. The van der Waals surface area contributed by atoms with Crippen LogP contribution in [0.4, 0.5) is 5.69 Å². The van der Waals surface area contributed by atoms with Gasteiger partial charge in [-0.3, -0.25) is 9.59 Å². The zero-order valence-electron chi connectivity index (χ0n) is 16.3. The van der Waals surface area contributed by atoms with Gasteiger partial charge < -0.3 is 10.2 Å². The Labute approximate surface area is 156 Å². The van der Waals surface area contributed by atoms with Gasteiger partial charge in [-0.25, -0.2) is 0 Å². The fourth-order valence-corrected chi connectivity index (χ4v) is 2.76. The number of hydrogen-bond acceptors (Lipinski definition) is 2. The molecule has 2 aromatic carbocycles. The van der Waals surface area contributed by atoms with Crippen LogP contribution in [0.1, 0.15) is 55.1 Å². The number of nitrogens with one attached hydrogen (secondary N) is 2. The molecule has 0 heterocycles. The first kappa shape index (κ1) is 19.9. The predicted molar refractivity (Wildman–Crippen MR) is 106 cm³/mol. The molecule has 2 aromatic rings. The third kappa shape index (κ3) is 5.27. The van der Waals surface area contributed by atoms with Crippen molar-refractivity contribution in [2.24, 2.45) is 0 Å². The number of rotatable bonds is 7. The molecule has 2 atom stereocenters. The number of likely N-dealkylation sites (N-methyl/N-ethyl adjacent to an activating group) is 1. The smallest absolute Gasteiger partial charge is 0.282 e. The number of quaternary nitrogens is 1. The largest absolute Gasteiger partial charge is 0.324 e. The summed E-state index contributed by atoms with van der Waals surface area (Å²) in [5, 5.41) is 2.93. The van der Waals surface area contributed by atoms with Crippen molar-refractivity contribution in [3.05, 3.63) is 65.2 Å². The van der Waals surface area contributed by atoms with Gasteiger partial charge in [0.2, 0.25) is 0 Å². The lowest BCUT2D eigenvalue weighted by atomic mass is 10.0. The average Bonchev–Trinajstić information content (AvgIpc) is 2.61. The highest BCUT2D eigenvalue weighted by atomic mass is 16.2. The van der Waals surface area contributed by atoms with Crippen LogP contribution in [0.25, 0.3) is 0 Å². The number of carbonyl (C=O) groups excluding carboxylic acids is 2. The summed E-state index contributed by atoms with van der Waals surface area (Å²) in [4.78, 5) is 25.0. The fraction of sp³-hybridized carbons (Fsp3) is 0.364. The Bertz CT molecular complexity index is 749. The molecule has 2 N–H and O–H groups in total. The number of benzene rings is 2. The van der Waals surface area contributed by atoms with Crippen LogP contribution in [0.2, 0.25) is 0 Å². The van der Waals surface area contributed by atoms with E-state index in [4.69, 9.17) is 0 Å². The van der Waals surface area contributed by atoms with Crippen LogP contribution in [0.5, 0.6) is 0 Å². The maximum absolute atomic E-state index is 12.5. The topological polar surface area (TPSA) is 50.6 Å². The van der Waals surface area contributed by atoms with Gasteiger partial charge in [-0.1, -0.05) is 38.1 Å². The van der Waals surface area contributed by atoms with E-state index in [0.717, 1.165) is 11.4 Å². The van der Waals surface area contributed by atoms with Crippen molar-refractivity contribution in [1.29, 1.82) is 0 Å². The van der Waals surface area contributed by atoms with Crippen LogP contribution >= 0.6 is 0 Å². The standard InChI is InChI=1S/C22H28N2O2/c1-15(2)19-8-6-18(7-9-19)14-24(5)16(3)22(26)23-21-12-10-20(11-13-21)17(4)25/h6-13,15-16H,14H2,1-5H3,(H,23,26)/p+1/t16-/m1/s1. The first-order valence-electron chi connectivity index (χ1n) is 9.11. The summed E-state index contributed by atoms with van der Waals surface area (Å²) in [6, 6.07) is 15.4. The quantitative estimate of drug-likeness (QED) is 0.752. The number of amides is 1. The van der Waals surface area contributed by atoms with Gasteiger partial charge in [0.15, 0.2) is 11.8 Å². The molecule has 0 aliphatic carbocycles. The van der Waals surface area contributed by atoms with Gasteiger partial charge >= 0.3 is 0 Å². The molecule has 0 spiro atoms. The monoisotopic (exact) mass is 353 g/mol. The van der Waals surface area contributed by atoms with Crippen LogP contribution in [0.3, 0.4) is 0 Å². The first-order valence-corrected chi connectivity index (χ1v) is 9.11. The van der Waals surface area contributed by atoms with E-state index >= 15 is 0 Å². The number of carbonyl (C=O) groups is 2. The van der Waals surface area contributed by atoms with Gasteiger partial charge in [0.1, 0.15) is 6.54 Å². The summed E-state index contributed by atoms with van der Waals surface area (Å²) >= 11 is 0. The summed E-state index contributed by atoms with van der Waals surface area (Å²) < 4.78 is 0.